The number of hydrogen-bond donors (Lipinski definition) is 0. The zero-order chi connectivity index (χ0) is 15.2. The molecule has 0 aliphatic carbocycles. The summed E-state index contributed by atoms with van der Waals surface area (Å²) in [4.78, 5) is 0. The van der Waals surface area contributed by atoms with Gasteiger partial charge in [0.2, 0.25) is 0 Å². The Labute approximate surface area is 122 Å². The molecule has 0 heterocycles. The lowest BCUT2D eigenvalue weighted by molar-refractivity contribution is 0.309. The number of unbranched alkanes of at least 4 members (excludes halogenated alkanes) is 1. The maximum Gasteiger partial charge on any atom is 0.135 e. The van der Waals surface area contributed by atoms with Gasteiger partial charge in [0.1, 0.15) is 17.4 Å². The van der Waals surface area contributed by atoms with Crippen LogP contribution in [0.1, 0.15) is 25.3 Å². The summed E-state index contributed by atoms with van der Waals surface area (Å²) >= 11 is 0. The number of ether oxygens (including phenoxy) is 1. The van der Waals surface area contributed by atoms with E-state index in [1.807, 2.05) is 0 Å². The summed E-state index contributed by atoms with van der Waals surface area (Å²) < 4.78 is 33.3. The van der Waals surface area contributed by atoms with Gasteiger partial charge in [-0.05, 0) is 36.2 Å². The van der Waals surface area contributed by atoms with Crippen molar-refractivity contribution in [2.75, 3.05) is 6.61 Å². The van der Waals surface area contributed by atoms with Crippen LogP contribution in [0.25, 0.3) is 11.1 Å². The summed E-state index contributed by atoms with van der Waals surface area (Å²) in [6.07, 6.45) is 2.00. The number of nitrogens with zero attached hydrogens (tertiary/aromatic N) is 1. The van der Waals surface area contributed by atoms with Gasteiger partial charge in [-0.3, -0.25) is 0 Å². The van der Waals surface area contributed by atoms with Crippen molar-refractivity contribution in [1.82, 2.24) is 0 Å². The first-order valence-electron chi connectivity index (χ1n) is 6.78. The van der Waals surface area contributed by atoms with Gasteiger partial charge in [0.15, 0.2) is 0 Å². The van der Waals surface area contributed by atoms with E-state index >= 15 is 0 Å². The fourth-order valence-electron chi connectivity index (χ4n) is 1.97. The van der Waals surface area contributed by atoms with Gasteiger partial charge in [0.25, 0.3) is 0 Å². The van der Waals surface area contributed by atoms with Crippen LogP contribution in [0.5, 0.6) is 5.75 Å². The van der Waals surface area contributed by atoms with Crippen LogP contribution in [0, 0.1) is 23.0 Å². The standard InChI is InChI=1S/C17H15F2NO/c1-2-3-8-21-14-6-4-13(5-7-14)17-15(18)9-12(11-20)10-16(17)19/h4-7,9-10H,2-3,8H2,1H3. The summed E-state index contributed by atoms with van der Waals surface area (Å²) in [6, 6.07) is 10.4. The van der Waals surface area contributed by atoms with E-state index in [-0.39, 0.29) is 11.1 Å². The fraction of sp³-hybridized carbons (Fsp3) is 0.235. The van der Waals surface area contributed by atoms with Crippen molar-refractivity contribution in [1.29, 1.82) is 5.26 Å². The summed E-state index contributed by atoms with van der Waals surface area (Å²) in [6.45, 7) is 2.69. The first kappa shape index (κ1) is 15.0. The third-order valence-corrected chi connectivity index (χ3v) is 3.08. The molecule has 0 aliphatic heterocycles. The van der Waals surface area contributed by atoms with Gasteiger partial charge in [-0.1, -0.05) is 25.5 Å². The van der Waals surface area contributed by atoms with Crippen molar-refractivity contribution in [3.63, 3.8) is 0 Å². The molecule has 0 atom stereocenters. The SMILES string of the molecule is CCCCOc1ccc(-c2c(F)cc(C#N)cc2F)cc1. The summed E-state index contributed by atoms with van der Waals surface area (Å²) in [5, 5.41) is 8.69. The molecule has 0 unspecified atom stereocenters. The predicted molar refractivity (Wildman–Crippen MR) is 76.9 cm³/mol. The third kappa shape index (κ3) is 3.57. The molecule has 4 heteroatoms. The van der Waals surface area contributed by atoms with E-state index in [9.17, 15) is 8.78 Å². The van der Waals surface area contributed by atoms with Gasteiger partial charge >= 0.3 is 0 Å². The maximum atomic E-state index is 13.9. The lowest BCUT2D eigenvalue weighted by atomic mass is 10.0. The third-order valence-electron chi connectivity index (χ3n) is 3.08. The Morgan fingerprint density at radius 3 is 2.24 bits per heavy atom. The zero-order valence-electron chi connectivity index (χ0n) is 11.7. The van der Waals surface area contributed by atoms with E-state index in [4.69, 9.17) is 10.00 Å². The van der Waals surface area contributed by atoms with Crippen LogP contribution in [-0.2, 0) is 0 Å². The van der Waals surface area contributed by atoms with E-state index in [1.165, 1.54) is 0 Å². The molecular weight excluding hydrogens is 272 g/mol. The minimum atomic E-state index is -0.744. The second-order valence-electron chi connectivity index (χ2n) is 4.65. The van der Waals surface area contributed by atoms with Crippen molar-refractivity contribution < 1.29 is 13.5 Å². The van der Waals surface area contributed by atoms with E-state index < -0.39 is 11.6 Å². The molecule has 2 aromatic rings. The van der Waals surface area contributed by atoms with E-state index in [0.29, 0.717) is 17.9 Å². The molecule has 0 saturated carbocycles. The van der Waals surface area contributed by atoms with Crippen LogP contribution in [-0.4, -0.2) is 6.61 Å². The Morgan fingerprint density at radius 2 is 1.71 bits per heavy atom. The van der Waals surface area contributed by atoms with Crippen molar-refractivity contribution >= 4 is 0 Å². The minimum absolute atomic E-state index is 0.0340. The quantitative estimate of drug-likeness (QED) is 0.748. The molecule has 0 N–H and O–H groups in total. The topological polar surface area (TPSA) is 33.0 Å². The highest BCUT2D eigenvalue weighted by molar-refractivity contribution is 5.66. The van der Waals surface area contributed by atoms with Crippen molar-refractivity contribution in [3.8, 4) is 22.9 Å². The number of rotatable bonds is 5. The molecular formula is C17H15F2NO. The van der Waals surface area contributed by atoms with Gasteiger partial charge in [-0.2, -0.15) is 5.26 Å². The van der Waals surface area contributed by atoms with Gasteiger partial charge in [0, 0.05) is 0 Å². The van der Waals surface area contributed by atoms with E-state index in [1.54, 1.807) is 30.3 Å². The van der Waals surface area contributed by atoms with Crippen LogP contribution in [0.2, 0.25) is 0 Å². The highest BCUT2D eigenvalue weighted by Gasteiger charge is 2.13. The van der Waals surface area contributed by atoms with Crippen LogP contribution in [0.3, 0.4) is 0 Å². The predicted octanol–water partition coefficient (Wildman–Crippen LogP) is 4.68. The monoisotopic (exact) mass is 287 g/mol. The average Bonchev–Trinajstić information content (AvgIpc) is 2.48. The van der Waals surface area contributed by atoms with Crippen molar-refractivity contribution in [3.05, 3.63) is 53.6 Å². The van der Waals surface area contributed by atoms with Crippen LogP contribution in [0.15, 0.2) is 36.4 Å². The van der Waals surface area contributed by atoms with Gasteiger partial charge in [-0.15, -0.1) is 0 Å². The zero-order valence-corrected chi connectivity index (χ0v) is 11.7. The average molecular weight is 287 g/mol. The Kier molecular flexibility index (Phi) is 4.89. The first-order valence-corrected chi connectivity index (χ1v) is 6.78. The first-order chi connectivity index (χ1) is 10.2. The highest BCUT2D eigenvalue weighted by Crippen LogP contribution is 2.28. The Hall–Kier alpha value is -2.41. The molecule has 0 aliphatic rings. The van der Waals surface area contributed by atoms with E-state index in [2.05, 4.69) is 6.92 Å². The molecule has 0 spiro atoms. The number of benzene rings is 2. The number of halogens is 2. The lowest BCUT2D eigenvalue weighted by Crippen LogP contribution is -1.96. The molecule has 2 rings (SSSR count). The Bertz CT molecular complexity index is 636. The number of nitriles is 1. The molecule has 21 heavy (non-hydrogen) atoms. The van der Waals surface area contributed by atoms with Crippen LogP contribution >= 0.6 is 0 Å². The molecule has 2 nitrogen and oxygen atoms in total. The molecule has 0 fully saturated rings. The molecule has 0 saturated heterocycles. The molecule has 2 aromatic carbocycles. The van der Waals surface area contributed by atoms with Crippen molar-refractivity contribution in [2.24, 2.45) is 0 Å². The minimum Gasteiger partial charge on any atom is -0.494 e. The Balaban J connectivity index is 2.25. The molecule has 0 bridgehead atoms. The summed E-state index contributed by atoms with van der Waals surface area (Å²) in [5.41, 5.74) is 0.250. The number of hydrogen-bond acceptors (Lipinski definition) is 2. The molecule has 0 radical (unpaired) electrons. The van der Waals surface area contributed by atoms with Crippen molar-refractivity contribution in [2.45, 2.75) is 19.8 Å². The normalized spacial score (nSPS) is 10.2. The largest absolute Gasteiger partial charge is 0.494 e. The van der Waals surface area contributed by atoms with Gasteiger partial charge < -0.3 is 4.74 Å². The summed E-state index contributed by atoms with van der Waals surface area (Å²) in [5.74, 6) is -0.820. The lowest BCUT2D eigenvalue weighted by Gasteiger charge is -2.08. The van der Waals surface area contributed by atoms with Gasteiger partial charge in [-0.25, -0.2) is 8.78 Å². The fourth-order valence-corrected chi connectivity index (χ4v) is 1.97. The van der Waals surface area contributed by atoms with E-state index in [0.717, 1.165) is 25.0 Å². The maximum absolute atomic E-state index is 13.9. The molecule has 0 aromatic heterocycles. The highest BCUT2D eigenvalue weighted by atomic mass is 19.1. The molecule has 0 amide bonds. The summed E-state index contributed by atoms with van der Waals surface area (Å²) in [7, 11) is 0. The molecule has 108 valence electrons. The van der Waals surface area contributed by atoms with Crippen LogP contribution in [0.4, 0.5) is 8.78 Å². The smallest absolute Gasteiger partial charge is 0.135 e. The Morgan fingerprint density at radius 1 is 1.10 bits per heavy atom. The van der Waals surface area contributed by atoms with Gasteiger partial charge in [0.05, 0.1) is 23.8 Å². The van der Waals surface area contributed by atoms with Crippen LogP contribution < -0.4 is 4.74 Å². The second kappa shape index (κ2) is 6.85. The second-order valence-corrected chi connectivity index (χ2v) is 4.65.